The van der Waals surface area contributed by atoms with Gasteiger partial charge in [-0.2, -0.15) is 0 Å². The minimum Gasteiger partial charge on any atom is -0.348 e. The second-order valence-electron chi connectivity index (χ2n) is 7.70. The smallest absolute Gasteiger partial charge is 0.273 e. The van der Waals surface area contributed by atoms with Crippen LogP contribution in [0.25, 0.3) is 0 Å². The van der Waals surface area contributed by atoms with Crippen molar-refractivity contribution in [3.8, 4) is 0 Å². The van der Waals surface area contributed by atoms with Crippen LogP contribution in [-0.2, 0) is 17.8 Å². The average Bonchev–Trinajstić information content (AvgIpc) is 3.20. The maximum Gasteiger partial charge on any atom is 0.273 e. The topological polar surface area (TPSA) is 83.4 Å². The highest BCUT2D eigenvalue weighted by Gasteiger charge is 2.21. The molecule has 0 unspecified atom stereocenters. The summed E-state index contributed by atoms with van der Waals surface area (Å²) in [5.41, 5.74) is 1.54. The molecule has 2 aromatic rings. The quantitative estimate of drug-likeness (QED) is 0.722. The zero-order valence-corrected chi connectivity index (χ0v) is 17.3. The standard InChI is InChI=1S/C21H30N6O2/c1-17(2)22-21(29)19-16-27(24-23-19)15-12-25-10-13-26(14-11-25)20(28)9-8-18-6-4-3-5-7-18/h3-7,16-17H,8-15H2,1-2H3,(H,22,29). The Morgan fingerprint density at radius 3 is 2.48 bits per heavy atom. The van der Waals surface area contributed by atoms with Crippen molar-refractivity contribution in [2.45, 2.75) is 39.3 Å². The van der Waals surface area contributed by atoms with E-state index in [9.17, 15) is 9.59 Å². The van der Waals surface area contributed by atoms with Gasteiger partial charge in [0.2, 0.25) is 5.91 Å². The number of carbonyl (C=O) groups excluding carboxylic acids is 2. The minimum absolute atomic E-state index is 0.0688. The Bertz CT molecular complexity index is 797. The van der Waals surface area contributed by atoms with Crippen molar-refractivity contribution < 1.29 is 9.59 Å². The highest BCUT2D eigenvalue weighted by atomic mass is 16.2. The third kappa shape index (κ3) is 6.39. The van der Waals surface area contributed by atoms with Crippen LogP contribution in [0.1, 0.15) is 36.3 Å². The lowest BCUT2D eigenvalue weighted by Gasteiger charge is -2.34. The Morgan fingerprint density at radius 1 is 1.07 bits per heavy atom. The average molecular weight is 399 g/mol. The van der Waals surface area contributed by atoms with E-state index in [0.29, 0.717) is 18.7 Å². The monoisotopic (exact) mass is 398 g/mol. The van der Waals surface area contributed by atoms with Crippen molar-refractivity contribution in [1.82, 2.24) is 30.1 Å². The summed E-state index contributed by atoms with van der Waals surface area (Å²) in [6.07, 6.45) is 3.03. The first-order valence-electron chi connectivity index (χ1n) is 10.3. The Labute approximate surface area is 171 Å². The van der Waals surface area contributed by atoms with Crippen LogP contribution < -0.4 is 5.32 Å². The Balaban J connectivity index is 1.37. The van der Waals surface area contributed by atoms with E-state index in [0.717, 1.165) is 39.1 Å². The van der Waals surface area contributed by atoms with E-state index in [1.54, 1.807) is 10.9 Å². The van der Waals surface area contributed by atoms with Gasteiger partial charge in [0.15, 0.2) is 5.69 Å². The van der Waals surface area contributed by atoms with Crippen molar-refractivity contribution in [2.75, 3.05) is 32.7 Å². The Kier molecular flexibility index (Phi) is 7.35. The minimum atomic E-state index is -0.200. The van der Waals surface area contributed by atoms with Crippen LogP contribution in [0.4, 0.5) is 0 Å². The number of rotatable bonds is 8. The van der Waals surface area contributed by atoms with Gasteiger partial charge in [0.05, 0.1) is 12.7 Å². The first kappa shape index (κ1) is 21.0. The molecule has 0 radical (unpaired) electrons. The van der Waals surface area contributed by atoms with Crippen molar-refractivity contribution >= 4 is 11.8 Å². The summed E-state index contributed by atoms with van der Waals surface area (Å²) in [6, 6.07) is 10.2. The van der Waals surface area contributed by atoms with Crippen molar-refractivity contribution in [3.63, 3.8) is 0 Å². The molecule has 1 aromatic heterocycles. The predicted octanol–water partition coefficient (Wildman–Crippen LogP) is 1.19. The van der Waals surface area contributed by atoms with E-state index >= 15 is 0 Å². The van der Waals surface area contributed by atoms with Gasteiger partial charge in [-0.3, -0.25) is 19.2 Å². The third-order valence-electron chi connectivity index (χ3n) is 5.03. The lowest BCUT2D eigenvalue weighted by Crippen LogP contribution is -2.49. The number of hydrogen-bond donors (Lipinski definition) is 1. The molecular formula is C21H30N6O2. The highest BCUT2D eigenvalue weighted by molar-refractivity contribution is 5.91. The number of hydrogen-bond acceptors (Lipinski definition) is 5. The molecule has 3 rings (SSSR count). The number of aryl methyl sites for hydroxylation is 1. The fourth-order valence-electron chi connectivity index (χ4n) is 3.37. The number of amides is 2. The molecule has 1 saturated heterocycles. The molecule has 1 N–H and O–H groups in total. The van der Waals surface area contributed by atoms with Gasteiger partial charge in [0, 0.05) is 45.2 Å². The van der Waals surface area contributed by atoms with Gasteiger partial charge in [-0.1, -0.05) is 35.5 Å². The van der Waals surface area contributed by atoms with Gasteiger partial charge in [-0.15, -0.1) is 5.10 Å². The lowest BCUT2D eigenvalue weighted by molar-refractivity contribution is -0.132. The molecular weight excluding hydrogens is 368 g/mol. The molecule has 1 aliphatic rings. The molecule has 2 heterocycles. The van der Waals surface area contributed by atoms with Crippen LogP contribution in [0, 0.1) is 0 Å². The number of aromatic nitrogens is 3. The van der Waals surface area contributed by atoms with Gasteiger partial charge >= 0.3 is 0 Å². The molecule has 0 bridgehead atoms. The van der Waals surface area contributed by atoms with Crippen LogP contribution in [0.2, 0.25) is 0 Å². The molecule has 0 atom stereocenters. The third-order valence-corrected chi connectivity index (χ3v) is 5.03. The molecule has 0 spiro atoms. The second-order valence-corrected chi connectivity index (χ2v) is 7.70. The molecule has 29 heavy (non-hydrogen) atoms. The summed E-state index contributed by atoms with van der Waals surface area (Å²) in [5.74, 6) is 0.0273. The molecule has 8 nitrogen and oxygen atoms in total. The van der Waals surface area contributed by atoms with Crippen LogP contribution in [0.15, 0.2) is 36.5 Å². The van der Waals surface area contributed by atoms with Gasteiger partial charge in [-0.25, -0.2) is 0 Å². The first-order valence-corrected chi connectivity index (χ1v) is 10.3. The zero-order chi connectivity index (χ0) is 20.6. The van der Waals surface area contributed by atoms with E-state index in [-0.39, 0.29) is 17.9 Å². The van der Waals surface area contributed by atoms with E-state index in [1.165, 1.54) is 5.56 Å². The van der Waals surface area contributed by atoms with Crippen molar-refractivity contribution in [3.05, 3.63) is 47.8 Å². The largest absolute Gasteiger partial charge is 0.348 e. The molecule has 1 aromatic carbocycles. The second kappa shape index (κ2) is 10.2. The maximum atomic E-state index is 12.4. The van der Waals surface area contributed by atoms with Crippen LogP contribution >= 0.6 is 0 Å². The van der Waals surface area contributed by atoms with Crippen LogP contribution in [0.5, 0.6) is 0 Å². The summed E-state index contributed by atoms with van der Waals surface area (Å²) >= 11 is 0. The number of benzene rings is 1. The maximum absolute atomic E-state index is 12.4. The van der Waals surface area contributed by atoms with E-state index < -0.39 is 0 Å². The van der Waals surface area contributed by atoms with Crippen LogP contribution in [-0.4, -0.2) is 75.4 Å². The summed E-state index contributed by atoms with van der Waals surface area (Å²) in [4.78, 5) is 28.7. The SMILES string of the molecule is CC(C)NC(=O)c1cn(CCN2CCN(C(=O)CCc3ccccc3)CC2)nn1. The van der Waals surface area contributed by atoms with Crippen LogP contribution in [0.3, 0.4) is 0 Å². The molecule has 0 aliphatic carbocycles. The van der Waals surface area contributed by atoms with E-state index in [2.05, 4.69) is 32.7 Å². The summed E-state index contributed by atoms with van der Waals surface area (Å²) in [6.45, 7) is 8.53. The van der Waals surface area contributed by atoms with Gasteiger partial charge in [0.25, 0.3) is 5.91 Å². The summed E-state index contributed by atoms with van der Waals surface area (Å²) in [7, 11) is 0. The van der Waals surface area contributed by atoms with Gasteiger partial charge in [0.1, 0.15) is 0 Å². The fourth-order valence-corrected chi connectivity index (χ4v) is 3.37. The first-order chi connectivity index (χ1) is 14.0. The Morgan fingerprint density at radius 2 is 1.79 bits per heavy atom. The highest BCUT2D eigenvalue weighted by Crippen LogP contribution is 2.08. The molecule has 156 valence electrons. The number of carbonyl (C=O) groups is 2. The zero-order valence-electron chi connectivity index (χ0n) is 17.3. The summed E-state index contributed by atoms with van der Waals surface area (Å²) in [5, 5.41) is 10.8. The number of nitrogens with zero attached hydrogens (tertiary/aromatic N) is 5. The number of nitrogens with one attached hydrogen (secondary N) is 1. The van der Waals surface area contributed by atoms with Gasteiger partial charge < -0.3 is 10.2 Å². The lowest BCUT2D eigenvalue weighted by atomic mass is 10.1. The van der Waals surface area contributed by atoms with Gasteiger partial charge in [-0.05, 0) is 25.8 Å². The molecule has 0 saturated carbocycles. The molecule has 1 aliphatic heterocycles. The Hall–Kier alpha value is -2.74. The predicted molar refractivity (Wildman–Crippen MR) is 110 cm³/mol. The van der Waals surface area contributed by atoms with E-state index in [1.807, 2.05) is 36.9 Å². The van der Waals surface area contributed by atoms with Crippen molar-refractivity contribution in [2.24, 2.45) is 0 Å². The summed E-state index contributed by atoms with van der Waals surface area (Å²) < 4.78 is 1.70. The molecule has 2 amide bonds. The van der Waals surface area contributed by atoms with Crippen molar-refractivity contribution in [1.29, 1.82) is 0 Å². The molecule has 1 fully saturated rings. The van der Waals surface area contributed by atoms with E-state index in [4.69, 9.17) is 0 Å². The fraction of sp³-hybridized carbons (Fsp3) is 0.524. The normalized spacial score (nSPS) is 14.9. The number of piperazine rings is 1. The molecule has 8 heteroatoms.